The zero-order valence-corrected chi connectivity index (χ0v) is 10.3. The number of nitrogens with one attached hydrogen (secondary N) is 1. The molecule has 2 aromatic rings. The van der Waals surface area contributed by atoms with E-state index in [0.29, 0.717) is 24.3 Å². The Morgan fingerprint density at radius 3 is 2.63 bits per heavy atom. The van der Waals surface area contributed by atoms with Crippen molar-refractivity contribution in [3.05, 3.63) is 54.1 Å². The minimum Gasteiger partial charge on any atom is -0.352 e. The topological polar surface area (TPSA) is 29.9 Å². The average molecular weight is 267 g/mol. The Hall–Kier alpha value is -2.24. The predicted octanol–water partition coefficient (Wildman–Crippen LogP) is 3.20. The molecule has 0 bridgehead atoms. The Bertz CT molecular complexity index is 620. The minimum absolute atomic E-state index is 0.105. The number of hydrogen-bond acceptors (Lipinski definition) is 2. The molecule has 0 saturated carbocycles. The van der Waals surface area contributed by atoms with Gasteiger partial charge in [0, 0.05) is 24.9 Å². The van der Waals surface area contributed by atoms with E-state index in [-0.39, 0.29) is 5.69 Å². The van der Waals surface area contributed by atoms with Crippen LogP contribution in [0.25, 0.3) is 5.69 Å². The Kier molecular flexibility index (Phi) is 3.59. The standard InChI is InChI=1S/C13H12F3N3/c1-3-4-17-13-18-8(2)7-19(13)12-6-10(15)9(14)5-11(12)16/h3,5-7H,1,4H2,2H3,(H,17,18). The highest BCUT2D eigenvalue weighted by Crippen LogP contribution is 2.22. The molecule has 0 unspecified atom stereocenters. The van der Waals surface area contributed by atoms with Crippen molar-refractivity contribution in [2.45, 2.75) is 6.92 Å². The lowest BCUT2D eigenvalue weighted by Gasteiger charge is -2.09. The molecule has 1 aromatic carbocycles. The van der Waals surface area contributed by atoms with Gasteiger partial charge in [0.1, 0.15) is 5.82 Å². The maximum Gasteiger partial charge on any atom is 0.208 e. The number of rotatable bonds is 4. The van der Waals surface area contributed by atoms with Gasteiger partial charge in [0.15, 0.2) is 11.6 Å². The summed E-state index contributed by atoms with van der Waals surface area (Å²) in [5.74, 6) is -2.86. The van der Waals surface area contributed by atoms with E-state index in [1.807, 2.05) is 0 Å². The van der Waals surface area contributed by atoms with Crippen molar-refractivity contribution in [1.29, 1.82) is 0 Å². The van der Waals surface area contributed by atoms with Crippen molar-refractivity contribution in [2.24, 2.45) is 0 Å². The van der Waals surface area contributed by atoms with Gasteiger partial charge in [-0.15, -0.1) is 6.58 Å². The molecule has 1 N–H and O–H groups in total. The van der Waals surface area contributed by atoms with Crippen molar-refractivity contribution >= 4 is 5.95 Å². The van der Waals surface area contributed by atoms with Crippen LogP contribution in [0.1, 0.15) is 5.69 Å². The molecule has 0 radical (unpaired) electrons. The zero-order chi connectivity index (χ0) is 14.0. The summed E-state index contributed by atoms with van der Waals surface area (Å²) in [5, 5.41) is 2.89. The lowest BCUT2D eigenvalue weighted by Crippen LogP contribution is -2.07. The zero-order valence-electron chi connectivity index (χ0n) is 10.3. The van der Waals surface area contributed by atoms with Gasteiger partial charge >= 0.3 is 0 Å². The largest absolute Gasteiger partial charge is 0.352 e. The van der Waals surface area contributed by atoms with Gasteiger partial charge in [0.25, 0.3) is 0 Å². The highest BCUT2D eigenvalue weighted by Gasteiger charge is 2.15. The lowest BCUT2D eigenvalue weighted by atomic mass is 10.3. The van der Waals surface area contributed by atoms with Crippen molar-refractivity contribution < 1.29 is 13.2 Å². The lowest BCUT2D eigenvalue weighted by molar-refractivity contribution is 0.493. The highest BCUT2D eigenvalue weighted by atomic mass is 19.2. The van der Waals surface area contributed by atoms with Crippen LogP contribution in [-0.4, -0.2) is 16.1 Å². The number of imidazole rings is 1. The number of benzene rings is 1. The first-order valence-corrected chi connectivity index (χ1v) is 5.58. The fourth-order valence-corrected chi connectivity index (χ4v) is 1.67. The summed E-state index contributed by atoms with van der Waals surface area (Å²) in [5.41, 5.74) is 0.516. The summed E-state index contributed by atoms with van der Waals surface area (Å²) in [6.45, 7) is 5.68. The monoisotopic (exact) mass is 267 g/mol. The number of hydrogen-bond donors (Lipinski definition) is 1. The molecule has 0 amide bonds. The predicted molar refractivity (Wildman–Crippen MR) is 66.9 cm³/mol. The van der Waals surface area contributed by atoms with Crippen LogP contribution in [-0.2, 0) is 0 Å². The summed E-state index contributed by atoms with van der Waals surface area (Å²) in [7, 11) is 0. The fourth-order valence-electron chi connectivity index (χ4n) is 1.67. The first-order valence-electron chi connectivity index (χ1n) is 5.58. The smallest absolute Gasteiger partial charge is 0.208 e. The second kappa shape index (κ2) is 5.17. The Balaban J connectivity index is 2.52. The van der Waals surface area contributed by atoms with Gasteiger partial charge < -0.3 is 5.32 Å². The number of aryl methyl sites for hydroxylation is 1. The summed E-state index contributed by atoms with van der Waals surface area (Å²) >= 11 is 0. The number of aromatic nitrogens is 2. The van der Waals surface area contributed by atoms with Gasteiger partial charge in [-0.05, 0) is 6.92 Å². The number of anilines is 1. The van der Waals surface area contributed by atoms with Crippen molar-refractivity contribution in [3.63, 3.8) is 0 Å². The van der Waals surface area contributed by atoms with Gasteiger partial charge in [-0.1, -0.05) is 6.08 Å². The third-order valence-corrected chi connectivity index (χ3v) is 2.48. The van der Waals surface area contributed by atoms with E-state index in [9.17, 15) is 13.2 Å². The Morgan fingerprint density at radius 2 is 1.95 bits per heavy atom. The Labute approximate surface area is 108 Å². The van der Waals surface area contributed by atoms with E-state index in [0.717, 1.165) is 6.07 Å². The summed E-state index contributed by atoms with van der Waals surface area (Å²) in [6.07, 6.45) is 3.14. The van der Waals surface area contributed by atoms with Gasteiger partial charge in [0.2, 0.25) is 5.95 Å². The molecule has 2 rings (SSSR count). The van der Waals surface area contributed by atoms with E-state index in [2.05, 4.69) is 16.9 Å². The summed E-state index contributed by atoms with van der Waals surface area (Å²) in [4.78, 5) is 4.14. The SMILES string of the molecule is C=CCNc1nc(C)cn1-c1cc(F)c(F)cc1F. The van der Waals surface area contributed by atoms with Crippen LogP contribution < -0.4 is 5.32 Å². The molecule has 0 aliphatic rings. The molecule has 1 aromatic heterocycles. The first kappa shape index (κ1) is 13.2. The fraction of sp³-hybridized carbons (Fsp3) is 0.154. The number of halogens is 3. The molecular formula is C13H12F3N3. The van der Waals surface area contributed by atoms with E-state index in [4.69, 9.17) is 0 Å². The van der Waals surface area contributed by atoms with E-state index in [1.54, 1.807) is 13.0 Å². The molecule has 0 aliphatic heterocycles. The van der Waals surface area contributed by atoms with E-state index in [1.165, 1.54) is 10.8 Å². The molecule has 0 atom stereocenters. The maximum atomic E-state index is 13.7. The summed E-state index contributed by atoms with van der Waals surface area (Å²) < 4.78 is 41.2. The molecule has 0 saturated heterocycles. The van der Waals surface area contributed by atoms with Crippen LogP contribution >= 0.6 is 0 Å². The molecule has 0 aliphatic carbocycles. The maximum absolute atomic E-state index is 13.7. The highest BCUT2D eigenvalue weighted by molar-refractivity contribution is 5.44. The normalized spacial score (nSPS) is 10.5. The van der Waals surface area contributed by atoms with Crippen LogP contribution in [0.3, 0.4) is 0 Å². The van der Waals surface area contributed by atoms with Gasteiger partial charge in [0.05, 0.1) is 11.4 Å². The molecular weight excluding hydrogens is 255 g/mol. The third-order valence-electron chi connectivity index (χ3n) is 2.48. The van der Waals surface area contributed by atoms with Crippen LogP contribution in [0.15, 0.2) is 31.0 Å². The van der Waals surface area contributed by atoms with Gasteiger partial charge in [-0.2, -0.15) is 0 Å². The second-order valence-electron chi connectivity index (χ2n) is 3.96. The van der Waals surface area contributed by atoms with Crippen LogP contribution in [0.4, 0.5) is 19.1 Å². The molecule has 1 heterocycles. The molecule has 19 heavy (non-hydrogen) atoms. The van der Waals surface area contributed by atoms with Crippen LogP contribution in [0.2, 0.25) is 0 Å². The molecule has 3 nitrogen and oxygen atoms in total. The van der Waals surface area contributed by atoms with E-state index < -0.39 is 17.5 Å². The van der Waals surface area contributed by atoms with Crippen molar-refractivity contribution in [2.75, 3.05) is 11.9 Å². The van der Waals surface area contributed by atoms with Gasteiger partial charge in [-0.25, -0.2) is 18.2 Å². The molecule has 0 spiro atoms. The quantitative estimate of drug-likeness (QED) is 0.681. The first-order chi connectivity index (χ1) is 9.02. The number of nitrogens with zero attached hydrogens (tertiary/aromatic N) is 2. The van der Waals surface area contributed by atoms with Gasteiger partial charge in [-0.3, -0.25) is 4.57 Å². The average Bonchev–Trinajstić information content (AvgIpc) is 2.72. The van der Waals surface area contributed by atoms with E-state index >= 15 is 0 Å². The molecule has 6 heteroatoms. The summed E-state index contributed by atoms with van der Waals surface area (Å²) in [6, 6.07) is 1.31. The second-order valence-corrected chi connectivity index (χ2v) is 3.96. The van der Waals surface area contributed by atoms with Crippen LogP contribution in [0.5, 0.6) is 0 Å². The molecule has 0 fully saturated rings. The molecule has 100 valence electrons. The van der Waals surface area contributed by atoms with Crippen molar-refractivity contribution in [3.8, 4) is 5.69 Å². The minimum atomic E-state index is -1.22. The Morgan fingerprint density at radius 1 is 1.26 bits per heavy atom. The third kappa shape index (κ3) is 2.62. The van der Waals surface area contributed by atoms with Crippen molar-refractivity contribution in [1.82, 2.24) is 9.55 Å². The van der Waals surface area contributed by atoms with Crippen LogP contribution in [0, 0.1) is 24.4 Å².